The third-order valence-corrected chi connectivity index (χ3v) is 3.74. The standard InChI is InChI=1S/C14H22N4O/c1-3-18-6-4-5-12(10-18)9-17(2)14(19)13-7-15-11-16-8-13/h7-8,11-12H,3-6,9-10H2,1-2H3/t12-/m1/s1. The van der Waals surface area contributed by atoms with Gasteiger partial charge in [0.1, 0.15) is 6.33 Å². The zero-order chi connectivity index (χ0) is 13.7. The van der Waals surface area contributed by atoms with Gasteiger partial charge in [0.05, 0.1) is 5.56 Å². The van der Waals surface area contributed by atoms with E-state index in [4.69, 9.17) is 0 Å². The highest BCUT2D eigenvalue weighted by atomic mass is 16.2. The Labute approximate surface area is 114 Å². The Morgan fingerprint density at radius 2 is 2.21 bits per heavy atom. The zero-order valence-electron chi connectivity index (χ0n) is 11.7. The second kappa shape index (κ2) is 6.61. The summed E-state index contributed by atoms with van der Waals surface area (Å²) in [5.41, 5.74) is 0.563. The molecule has 104 valence electrons. The van der Waals surface area contributed by atoms with E-state index >= 15 is 0 Å². The van der Waals surface area contributed by atoms with Crippen LogP contribution in [0.1, 0.15) is 30.1 Å². The highest BCUT2D eigenvalue weighted by Crippen LogP contribution is 2.17. The lowest BCUT2D eigenvalue weighted by molar-refractivity contribution is 0.0732. The van der Waals surface area contributed by atoms with Gasteiger partial charge in [-0.3, -0.25) is 4.79 Å². The van der Waals surface area contributed by atoms with Crippen LogP contribution >= 0.6 is 0 Å². The Morgan fingerprint density at radius 3 is 2.89 bits per heavy atom. The molecule has 0 bridgehead atoms. The van der Waals surface area contributed by atoms with E-state index < -0.39 is 0 Å². The van der Waals surface area contributed by atoms with Crippen molar-refractivity contribution in [3.63, 3.8) is 0 Å². The van der Waals surface area contributed by atoms with Crippen LogP contribution in [0.25, 0.3) is 0 Å². The van der Waals surface area contributed by atoms with Gasteiger partial charge in [-0.15, -0.1) is 0 Å². The van der Waals surface area contributed by atoms with E-state index in [1.54, 1.807) is 17.3 Å². The summed E-state index contributed by atoms with van der Waals surface area (Å²) in [6.07, 6.45) is 7.03. The van der Waals surface area contributed by atoms with E-state index in [0.29, 0.717) is 11.5 Å². The quantitative estimate of drug-likeness (QED) is 0.820. The van der Waals surface area contributed by atoms with Crippen molar-refractivity contribution < 1.29 is 4.79 Å². The lowest BCUT2D eigenvalue weighted by Gasteiger charge is -2.34. The molecule has 19 heavy (non-hydrogen) atoms. The number of aromatic nitrogens is 2. The molecule has 0 saturated carbocycles. The van der Waals surface area contributed by atoms with Gasteiger partial charge in [-0.05, 0) is 31.8 Å². The SMILES string of the molecule is CCN1CCC[C@H](CN(C)C(=O)c2cncnc2)C1. The summed E-state index contributed by atoms with van der Waals surface area (Å²) in [7, 11) is 1.86. The molecule has 1 aromatic rings. The molecule has 1 fully saturated rings. The molecule has 0 aliphatic carbocycles. The molecule has 1 aromatic heterocycles. The average molecular weight is 262 g/mol. The van der Waals surface area contributed by atoms with Gasteiger partial charge < -0.3 is 9.80 Å². The number of nitrogens with zero attached hydrogens (tertiary/aromatic N) is 4. The second-order valence-electron chi connectivity index (χ2n) is 5.21. The molecule has 5 nitrogen and oxygen atoms in total. The minimum absolute atomic E-state index is 0.00854. The van der Waals surface area contributed by atoms with Crippen LogP contribution in [0.15, 0.2) is 18.7 Å². The molecule has 0 unspecified atom stereocenters. The highest BCUT2D eigenvalue weighted by Gasteiger charge is 2.22. The molecule has 1 amide bonds. The fraction of sp³-hybridized carbons (Fsp3) is 0.643. The minimum atomic E-state index is 0.00854. The molecule has 1 aliphatic heterocycles. The molecule has 1 aliphatic rings. The Balaban J connectivity index is 1.90. The number of hydrogen-bond acceptors (Lipinski definition) is 4. The highest BCUT2D eigenvalue weighted by molar-refractivity contribution is 5.93. The third-order valence-electron chi connectivity index (χ3n) is 3.74. The monoisotopic (exact) mass is 262 g/mol. The van der Waals surface area contributed by atoms with Crippen LogP contribution in [0.3, 0.4) is 0 Å². The Bertz CT molecular complexity index is 409. The second-order valence-corrected chi connectivity index (χ2v) is 5.21. The summed E-state index contributed by atoms with van der Waals surface area (Å²) < 4.78 is 0. The molecule has 0 spiro atoms. The van der Waals surface area contributed by atoms with Crippen molar-refractivity contribution in [1.82, 2.24) is 19.8 Å². The van der Waals surface area contributed by atoms with Crippen molar-refractivity contribution in [1.29, 1.82) is 0 Å². The normalized spacial score (nSPS) is 20.2. The number of piperidine rings is 1. The Morgan fingerprint density at radius 1 is 1.47 bits per heavy atom. The van der Waals surface area contributed by atoms with Crippen molar-refractivity contribution >= 4 is 5.91 Å². The molecule has 2 rings (SSSR count). The fourth-order valence-corrected chi connectivity index (χ4v) is 2.69. The van der Waals surface area contributed by atoms with Crippen LogP contribution in [0.4, 0.5) is 0 Å². The summed E-state index contributed by atoms with van der Waals surface area (Å²) in [6, 6.07) is 0. The summed E-state index contributed by atoms with van der Waals surface area (Å²) >= 11 is 0. The van der Waals surface area contributed by atoms with Gasteiger partial charge in [0.2, 0.25) is 0 Å². The van der Waals surface area contributed by atoms with E-state index in [9.17, 15) is 4.79 Å². The van der Waals surface area contributed by atoms with Crippen molar-refractivity contribution in [3.8, 4) is 0 Å². The summed E-state index contributed by atoms with van der Waals surface area (Å²) in [6.45, 7) is 6.39. The minimum Gasteiger partial charge on any atom is -0.341 e. The van der Waals surface area contributed by atoms with Gasteiger partial charge in [0.25, 0.3) is 5.91 Å². The number of carbonyl (C=O) groups excluding carboxylic acids is 1. The summed E-state index contributed by atoms with van der Waals surface area (Å²) in [5, 5.41) is 0. The van der Waals surface area contributed by atoms with Crippen molar-refractivity contribution in [2.75, 3.05) is 33.2 Å². The molecule has 1 atom stereocenters. The lowest BCUT2D eigenvalue weighted by atomic mass is 9.97. The Hall–Kier alpha value is -1.49. The van der Waals surface area contributed by atoms with Gasteiger partial charge in [-0.2, -0.15) is 0 Å². The third kappa shape index (κ3) is 3.73. The maximum atomic E-state index is 12.2. The van der Waals surface area contributed by atoms with E-state index in [2.05, 4.69) is 21.8 Å². The Kier molecular flexibility index (Phi) is 4.85. The van der Waals surface area contributed by atoms with E-state index in [-0.39, 0.29) is 5.91 Å². The van der Waals surface area contributed by atoms with Crippen LogP contribution in [-0.4, -0.2) is 58.9 Å². The number of hydrogen-bond donors (Lipinski definition) is 0. The van der Waals surface area contributed by atoms with Gasteiger partial charge in [-0.1, -0.05) is 6.92 Å². The van der Waals surface area contributed by atoms with E-state index in [1.165, 1.54) is 25.7 Å². The molecule has 2 heterocycles. The summed E-state index contributed by atoms with van der Waals surface area (Å²) in [5.74, 6) is 0.585. The van der Waals surface area contributed by atoms with Gasteiger partial charge in [0, 0.05) is 32.5 Å². The molecule has 0 aromatic carbocycles. The van der Waals surface area contributed by atoms with Crippen LogP contribution in [0.5, 0.6) is 0 Å². The number of likely N-dealkylation sites (tertiary alicyclic amines) is 1. The van der Waals surface area contributed by atoms with Crippen molar-refractivity contribution in [2.24, 2.45) is 5.92 Å². The predicted molar refractivity (Wildman–Crippen MR) is 73.8 cm³/mol. The van der Waals surface area contributed by atoms with Gasteiger partial charge in [0.15, 0.2) is 0 Å². The van der Waals surface area contributed by atoms with Crippen molar-refractivity contribution in [2.45, 2.75) is 19.8 Å². The van der Waals surface area contributed by atoms with Gasteiger partial charge in [-0.25, -0.2) is 9.97 Å². The maximum Gasteiger partial charge on any atom is 0.256 e. The number of rotatable bonds is 4. The first-order valence-corrected chi connectivity index (χ1v) is 6.93. The van der Waals surface area contributed by atoms with Crippen LogP contribution < -0.4 is 0 Å². The average Bonchev–Trinajstić information content (AvgIpc) is 2.47. The van der Waals surface area contributed by atoms with Crippen LogP contribution in [0.2, 0.25) is 0 Å². The largest absolute Gasteiger partial charge is 0.341 e. The molecule has 0 N–H and O–H groups in total. The van der Waals surface area contributed by atoms with E-state index in [0.717, 1.165) is 19.6 Å². The zero-order valence-corrected chi connectivity index (χ0v) is 11.7. The van der Waals surface area contributed by atoms with Crippen molar-refractivity contribution in [3.05, 3.63) is 24.3 Å². The molecule has 0 radical (unpaired) electrons. The number of amides is 1. The first-order valence-electron chi connectivity index (χ1n) is 6.93. The number of carbonyl (C=O) groups is 1. The fourth-order valence-electron chi connectivity index (χ4n) is 2.69. The van der Waals surface area contributed by atoms with Crippen LogP contribution in [-0.2, 0) is 0 Å². The van der Waals surface area contributed by atoms with Gasteiger partial charge >= 0.3 is 0 Å². The molecule has 1 saturated heterocycles. The molecular weight excluding hydrogens is 240 g/mol. The topological polar surface area (TPSA) is 49.3 Å². The molecule has 5 heteroatoms. The summed E-state index contributed by atoms with van der Waals surface area (Å²) in [4.78, 5) is 24.2. The lowest BCUT2D eigenvalue weighted by Crippen LogP contribution is -2.41. The molecular formula is C14H22N4O. The predicted octanol–water partition coefficient (Wildman–Crippen LogP) is 1.28. The van der Waals surface area contributed by atoms with Crippen LogP contribution in [0, 0.1) is 5.92 Å². The maximum absolute atomic E-state index is 12.2. The van der Waals surface area contributed by atoms with E-state index in [1.807, 2.05) is 7.05 Å². The first kappa shape index (κ1) is 13.9. The smallest absolute Gasteiger partial charge is 0.256 e. The first-order chi connectivity index (χ1) is 9.20.